The van der Waals surface area contributed by atoms with E-state index in [9.17, 15) is 4.79 Å². The van der Waals surface area contributed by atoms with E-state index >= 15 is 0 Å². The molecule has 108 valence electrons. The molecule has 0 atom stereocenters. The third kappa shape index (κ3) is 4.96. The molecule has 0 spiro atoms. The van der Waals surface area contributed by atoms with Gasteiger partial charge in [-0.1, -0.05) is 35.6 Å². The van der Waals surface area contributed by atoms with Gasteiger partial charge in [0.05, 0.1) is 5.75 Å². The quantitative estimate of drug-likeness (QED) is 0.856. The molecule has 3 nitrogen and oxygen atoms in total. The van der Waals surface area contributed by atoms with E-state index < -0.39 is 0 Å². The zero-order valence-electron chi connectivity index (χ0n) is 11.1. The maximum atomic E-state index is 11.8. The van der Waals surface area contributed by atoms with Gasteiger partial charge in [0.1, 0.15) is 4.32 Å². The molecule has 6 heteroatoms. The van der Waals surface area contributed by atoms with Gasteiger partial charge in [-0.3, -0.25) is 4.79 Å². The molecule has 1 amide bonds. The van der Waals surface area contributed by atoms with Gasteiger partial charge in [0, 0.05) is 23.8 Å². The van der Waals surface area contributed by atoms with E-state index in [2.05, 4.69) is 10.2 Å². The highest BCUT2D eigenvalue weighted by Crippen LogP contribution is 2.17. The fraction of sp³-hybridized carbons (Fsp3) is 0.429. The monoisotopic (exact) mass is 328 g/mol. The predicted octanol–water partition coefficient (Wildman–Crippen LogP) is 3.78. The van der Waals surface area contributed by atoms with Crippen molar-refractivity contribution in [2.75, 3.05) is 24.2 Å². The molecular formula is C14H17ClN2OS2. The van der Waals surface area contributed by atoms with Crippen LogP contribution in [0.3, 0.4) is 0 Å². The molecule has 1 aliphatic rings. The van der Waals surface area contributed by atoms with E-state index in [0.29, 0.717) is 10.8 Å². The Bertz CT molecular complexity index is 473. The Balaban J connectivity index is 1.74. The second kappa shape index (κ2) is 7.86. The van der Waals surface area contributed by atoms with Gasteiger partial charge in [-0.2, -0.15) is 0 Å². The number of hydrogen-bond donors (Lipinski definition) is 1. The van der Waals surface area contributed by atoms with E-state index in [1.165, 1.54) is 31.0 Å². The topological polar surface area (TPSA) is 32.3 Å². The minimum absolute atomic E-state index is 0.0447. The normalized spacial score (nSPS) is 14.9. The number of nitrogens with zero attached hydrogens (tertiary/aromatic N) is 1. The summed E-state index contributed by atoms with van der Waals surface area (Å²) in [6.07, 6.45) is 3.66. The first-order valence-corrected chi connectivity index (χ1v) is 8.39. The average molecular weight is 329 g/mol. The van der Waals surface area contributed by atoms with Gasteiger partial charge < -0.3 is 10.2 Å². The fourth-order valence-corrected chi connectivity index (χ4v) is 3.20. The number of anilines is 1. The summed E-state index contributed by atoms with van der Waals surface area (Å²) in [6.45, 7) is 2.04. The van der Waals surface area contributed by atoms with Crippen LogP contribution >= 0.6 is 35.6 Å². The van der Waals surface area contributed by atoms with Crippen LogP contribution in [-0.2, 0) is 4.79 Å². The lowest BCUT2D eigenvalue weighted by molar-refractivity contribution is -0.113. The summed E-state index contributed by atoms with van der Waals surface area (Å²) in [5.41, 5.74) is 0.754. The van der Waals surface area contributed by atoms with Crippen LogP contribution in [-0.4, -0.2) is 34.0 Å². The lowest BCUT2D eigenvalue weighted by Crippen LogP contribution is -2.33. The summed E-state index contributed by atoms with van der Waals surface area (Å²) >= 11 is 12.6. The minimum atomic E-state index is -0.0447. The van der Waals surface area contributed by atoms with Crippen LogP contribution in [0.1, 0.15) is 19.3 Å². The fourth-order valence-electron chi connectivity index (χ4n) is 2.03. The molecule has 0 bridgehead atoms. The number of rotatable bonds is 3. The van der Waals surface area contributed by atoms with Crippen LogP contribution in [0.4, 0.5) is 5.69 Å². The number of likely N-dealkylation sites (tertiary alicyclic amines) is 1. The van der Waals surface area contributed by atoms with Crippen molar-refractivity contribution >= 4 is 51.5 Å². The van der Waals surface area contributed by atoms with Crippen LogP contribution in [0.2, 0.25) is 5.02 Å². The molecular weight excluding hydrogens is 312 g/mol. The molecule has 1 aromatic rings. The Hall–Kier alpha value is -0.780. The van der Waals surface area contributed by atoms with Crippen LogP contribution in [0.5, 0.6) is 0 Å². The number of benzene rings is 1. The van der Waals surface area contributed by atoms with Crippen molar-refractivity contribution in [3.8, 4) is 0 Å². The molecule has 1 aromatic carbocycles. The van der Waals surface area contributed by atoms with Crippen molar-refractivity contribution in [1.29, 1.82) is 0 Å². The molecule has 0 aliphatic carbocycles. The van der Waals surface area contributed by atoms with E-state index in [4.69, 9.17) is 23.8 Å². The number of nitrogens with one attached hydrogen (secondary N) is 1. The number of piperidine rings is 1. The summed E-state index contributed by atoms with van der Waals surface area (Å²) in [6, 6.07) is 7.08. The Morgan fingerprint density at radius 2 is 1.90 bits per heavy atom. The van der Waals surface area contributed by atoms with Gasteiger partial charge in [-0.25, -0.2) is 0 Å². The van der Waals surface area contributed by atoms with Crippen molar-refractivity contribution in [3.63, 3.8) is 0 Å². The van der Waals surface area contributed by atoms with Crippen molar-refractivity contribution < 1.29 is 4.79 Å². The van der Waals surface area contributed by atoms with Gasteiger partial charge >= 0.3 is 0 Å². The Morgan fingerprint density at radius 1 is 1.25 bits per heavy atom. The number of halogens is 1. The second-order valence-electron chi connectivity index (χ2n) is 4.66. The van der Waals surface area contributed by atoms with Crippen LogP contribution in [0.15, 0.2) is 24.3 Å². The zero-order chi connectivity index (χ0) is 14.4. The molecule has 0 aromatic heterocycles. The molecule has 1 saturated heterocycles. The molecule has 0 radical (unpaired) electrons. The van der Waals surface area contributed by atoms with Gasteiger partial charge in [0.2, 0.25) is 5.91 Å². The number of carbonyl (C=O) groups excluding carboxylic acids is 1. The molecule has 20 heavy (non-hydrogen) atoms. The largest absolute Gasteiger partial charge is 0.358 e. The van der Waals surface area contributed by atoms with Crippen molar-refractivity contribution in [1.82, 2.24) is 4.90 Å². The highest BCUT2D eigenvalue weighted by Gasteiger charge is 2.14. The van der Waals surface area contributed by atoms with Crippen molar-refractivity contribution in [2.24, 2.45) is 0 Å². The summed E-state index contributed by atoms with van der Waals surface area (Å²) in [7, 11) is 0. The summed E-state index contributed by atoms with van der Waals surface area (Å²) < 4.78 is 0.830. The Kier molecular flexibility index (Phi) is 6.13. The highest BCUT2D eigenvalue weighted by atomic mass is 35.5. The van der Waals surface area contributed by atoms with E-state index in [1.807, 2.05) is 0 Å². The van der Waals surface area contributed by atoms with Gasteiger partial charge in [-0.05, 0) is 43.5 Å². The maximum Gasteiger partial charge on any atom is 0.234 e. The standard InChI is InChI=1S/C14H17ClN2OS2/c15-11-4-6-12(7-5-11)16-13(18)10-20-14(19)17-8-2-1-3-9-17/h4-7H,1-3,8-10H2,(H,16,18). The zero-order valence-corrected chi connectivity index (χ0v) is 13.5. The molecule has 0 saturated carbocycles. The molecule has 1 N–H and O–H groups in total. The third-order valence-corrected chi connectivity index (χ3v) is 4.84. The molecule has 1 heterocycles. The van der Waals surface area contributed by atoms with Crippen molar-refractivity contribution in [3.05, 3.63) is 29.3 Å². The van der Waals surface area contributed by atoms with Gasteiger partial charge in [0.15, 0.2) is 0 Å². The lowest BCUT2D eigenvalue weighted by Gasteiger charge is -2.28. The van der Waals surface area contributed by atoms with E-state index in [-0.39, 0.29) is 5.91 Å². The average Bonchev–Trinajstić information content (AvgIpc) is 2.48. The van der Waals surface area contributed by atoms with Gasteiger partial charge in [0.25, 0.3) is 0 Å². The van der Waals surface area contributed by atoms with Gasteiger partial charge in [-0.15, -0.1) is 0 Å². The Morgan fingerprint density at radius 3 is 2.55 bits per heavy atom. The first-order valence-electron chi connectivity index (χ1n) is 6.62. The first kappa shape index (κ1) is 15.6. The smallest absolute Gasteiger partial charge is 0.234 e. The predicted molar refractivity (Wildman–Crippen MR) is 90.6 cm³/mol. The number of amides is 1. The number of carbonyl (C=O) groups is 1. The third-order valence-electron chi connectivity index (χ3n) is 3.07. The van der Waals surface area contributed by atoms with Crippen LogP contribution < -0.4 is 5.32 Å². The molecule has 1 fully saturated rings. The molecule has 2 rings (SSSR count). The van der Waals surface area contributed by atoms with Crippen molar-refractivity contribution in [2.45, 2.75) is 19.3 Å². The number of hydrogen-bond acceptors (Lipinski definition) is 3. The lowest BCUT2D eigenvalue weighted by atomic mass is 10.1. The number of thioether (sulfide) groups is 1. The van der Waals surface area contributed by atoms with Crippen LogP contribution in [0, 0.1) is 0 Å². The summed E-state index contributed by atoms with van der Waals surface area (Å²) in [5.74, 6) is 0.300. The first-order chi connectivity index (χ1) is 9.65. The summed E-state index contributed by atoms with van der Waals surface area (Å²) in [5, 5.41) is 3.49. The SMILES string of the molecule is O=C(CSC(=S)N1CCCCC1)Nc1ccc(Cl)cc1. The molecule has 0 unspecified atom stereocenters. The van der Waals surface area contributed by atoms with E-state index in [0.717, 1.165) is 23.1 Å². The van der Waals surface area contributed by atoms with E-state index in [1.54, 1.807) is 24.3 Å². The Labute approximate surface area is 134 Å². The summed E-state index contributed by atoms with van der Waals surface area (Å²) in [4.78, 5) is 14.0. The maximum absolute atomic E-state index is 11.8. The number of thiocarbonyl (C=S) groups is 1. The minimum Gasteiger partial charge on any atom is -0.358 e. The second-order valence-corrected chi connectivity index (χ2v) is 6.70. The van der Waals surface area contributed by atoms with Crippen LogP contribution in [0.25, 0.3) is 0 Å². The highest BCUT2D eigenvalue weighted by molar-refractivity contribution is 8.23. The molecule has 1 aliphatic heterocycles.